The standard InChI is InChI=1S/C21H24ClNO4/c1-14(15-5-8-17(9-6-15)21(2,3)4)23-27-12-11-26-19-10-7-16(20(24)25)13-18(19)22/h5-10,13H,11-12H2,1-4H3,(H,24,25)/b23-14-. The molecule has 2 aromatic rings. The van der Waals surface area contributed by atoms with Crippen molar-refractivity contribution in [3.05, 3.63) is 64.2 Å². The third-order valence-corrected chi connectivity index (χ3v) is 4.28. The summed E-state index contributed by atoms with van der Waals surface area (Å²) in [5.41, 5.74) is 3.26. The van der Waals surface area contributed by atoms with Gasteiger partial charge in [-0.25, -0.2) is 4.79 Å². The molecule has 0 aromatic heterocycles. The lowest BCUT2D eigenvalue weighted by atomic mass is 9.86. The Hall–Kier alpha value is -2.53. The minimum atomic E-state index is -1.04. The molecule has 2 rings (SSSR count). The first kappa shape index (κ1) is 20.8. The van der Waals surface area contributed by atoms with Gasteiger partial charge >= 0.3 is 5.97 Å². The van der Waals surface area contributed by atoms with E-state index in [0.29, 0.717) is 5.75 Å². The molecule has 0 saturated heterocycles. The number of hydrogen-bond acceptors (Lipinski definition) is 4. The van der Waals surface area contributed by atoms with Crippen molar-refractivity contribution in [2.75, 3.05) is 13.2 Å². The molecular weight excluding hydrogens is 366 g/mol. The lowest BCUT2D eigenvalue weighted by molar-refractivity contribution is 0.0696. The Bertz CT molecular complexity index is 823. The van der Waals surface area contributed by atoms with E-state index in [1.165, 1.54) is 23.8 Å². The van der Waals surface area contributed by atoms with Gasteiger partial charge in [-0.2, -0.15) is 0 Å². The van der Waals surface area contributed by atoms with Crippen LogP contribution in [0.25, 0.3) is 0 Å². The van der Waals surface area contributed by atoms with E-state index in [0.717, 1.165) is 11.3 Å². The maximum Gasteiger partial charge on any atom is 0.335 e. The van der Waals surface area contributed by atoms with Crippen molar-refractivity contribution in [2.45, 2.75) is 33.1 Å². The lowest BCUT2D eigenvalue weighted by Crippen LogP contribution is -2.11. The average Bonchev–Trinajstić information content (AvgIpc) is 2.61. The van der Waals surface area contributed by atoms with Crippen molar-refractivity contribution in [3.8, 4) is 5.75 Å². The van der Waals surface area contributed by atoms with Crippen molar-refractivity contribution in [2.24, 2.45) is 5.16 Å². The second kappa shape index (κ2) is 8.91. The fourth-order valence-electron chi connectivity index (χ4n) is 2.35. The van der Waals surface area contributed by atoms with Crippen LogP contribution in [0.1, 0.15) is 49.2 Å². The number of nitrogens with zero attached hydrogens (tertiary/aromatic N) is 1. The van der Waals surface area contributed by atoms with Crippen LogP contribution in [0.4, 0.5) is 0 Å². The van der Waals surface area contributed by atoms with Gasteiger partial charge < -0.3 is 14.7 Å². The van der Waals surface area contributed by atoms with Crippen molar-refractivity contribution in [1.29, 1.82) is 0 Å². The van der Waals surface area contributed by atoms with Gasteiger partial charge in [0.1, 0.15) is 12.4 Å². The van der Waals surface area contributed by atoms with Crippen LogP contribution in [0.5, 0.6) is 5.75 Å². The van der Waals surface area contributed by atoms with Crippen LogP contribution in [0.3, 0.4) is 0 Å². The van der Waals surface area contributed by atoms with Crippen LogP contribution < -0.4 is 4.74 Å². The molecule has 5 nitrogen and oxygen atoms in total. The highest BCUT2D eigenvalue weighted by Crippen LogP contribution is 2.25. The number of benzene rings is 2. The van der Waals surface area contributed by atoms with Gasteiger partial charge in [-0.05, 0) is 41.7 Å². The smallest absolute Gasteiger partial charge is 0.335 e. The summed E-state index contributed by atoms with van der Waals surface area (Å²) in [7, 11) is 0. The Morgan fingerprint density at radius 1 is 1.07 bits per heavy atom. The van der Waals surface area contributed by atoms with E-state index in [4.69, 9.17) is 26.3 Å². The maximum atomic E-state index is 10.9. The van der Waals surface area contributed by atoms with E-state index in [9.17, 15) is 4.79 Å². The first-order valence-electron chi connectivity index (χ1n) is 8.61. The fraction of sp³-hybridized carbons (Fsp3) is 0.333. The van der Waals surface area contributed by atoms with Crippen molar-refractivity contribution in [1.82, 2.24) is 0 Å². The first-order chi connectivity index (χ1) is 12.7. The summed E-state index contributed by atoms with van der Waals surface area (Å²) in [6.45, 7) is 8.89. The lowest BCUT2D eigenvalue weighted by Gasteiger charge is -2.19. The normalized spacial score (nSPS) is 12.0. The zero-order valence-corrected chi connectivity index (χ0v) is 16.7. The van der Waals surface area contributed by atoms with E-state index < -0.39 is 5.97 Å². The SMILES string of the molecule is C/C(=N/OCCOc1ccc(C(=O)O)cc1Cl)c1ccc(C(C)(C)C)cc1. The zero-order chi connectivity index (χ0) is 20.0. The summed E-state index contributed by atoms with van der Waals surface area (Å²) in [4.78, 5) is 16.2. The Labute approximate surface area is 164 Å². The highest BCUT2D eigenvalue weighted by Gasteiger charge is 2.13. The van der Waals surface area contributed by atoms with Gasteiger partial charge in [0, 0.05) is 0 Å². The molecule has 6 heteroatoms. The highest BCUT2D eigenvalue weighted by atomic mass is 35.5. The van der Waals surface area contributed by atoms with Crippen molar-refractivity contribution < 1.29 is 19.5 Å². The van der Waals surface area contributed by atoms with E-state index >= 15 is 0 Å². The molecule has 0 amide bonds. The van der Waals surface area contributed by atoms with Gasteiger partial charge in [0.25, 0.3) is 0 Å². The fourth-order valence-corrected chi connectivity index (χ4v) is 2.58. The molecule has 2 aromatic carbocycles. The first-order valence-corrected chi connectivity index (χ1v) is 8.99. The molecule has 0 saturated carbocycles. The van der Waals surface area contributed by atoms with Crippen LogP contribution in [0.2, 0.25) is 5.02 Å². The van der Waals surface area contributed by atoms with E-state index in [-0.39, 0.29) is 29.2 Å². The summed E-state index contributed by atoms with van der Waals surface area (Å²) in [6.07, 6.45) is 0. The minimum Gasteiger partial charge on any atom is -0.488 e. The van der Waals surface area contributed by atoms with Gasteiger partial charge in [-0.15, -0.1) is 0 Å². The Kier molecular flexibility index (Phi) is 6.86. The minimum absolute atomic E-state index is 0.112. The van der Waals surface area contributed by atoms with Crippen molar-refractivity contribution >= 4 is 23.3 Å². The molecule has 0 aliphatic rings. The number of carboxylic acids is 1. The molecule has 0 heterocycles. The van der Waals surface area contributed by atoms with Gasteiger partial charge in [0.2, 0.25) is 0 Å². The number of aromatic carboxylic acids is 1. The molecule has 0 unspecified atom stereocenters. The van der Waals surface area contributed by atoms with Crippen LogP contribution >= 0.6 is 11.6 Å². The molecule has 0 aliphatic heterocycles. The van der Waals surface area contributed by atoms with E-state index in [1.807, 2.05) is 19.1 Å². The topological polar surface area (TPSA) is 68.1 Å². The largest absolute Gasteiger partial charge is 0.488 e. The molecule has 0 aliphatic carbocycles. The summed E-state index contributed by atoms with van der Waals surface area (Å²) in [6, 6.07) is 12.6. The predicted octanol–water partition coefficient (Wildman–Crippen LogP) is 5.16. The average molecular weight is 390 g/mol. The number of carboxylic acid groups (broad SMARTS) is 1. The van der Waals surface area contributed by atoms with Crippen molar-refractivity contribution in [3.63, 3.8) is 0 Å². The number of ether oxygens (including phenoxy) is 1. The molecule has 0 spiro atoms. The van der Waals surface area contributed by atoms with Crippen LogP contribution in [-0.2, 0) is 10.3 Å². The van der Waals surface area contributed by atoms with Crippen LogP contribution in [-0.4, -0.2) is 30.0 Å². The van der Waals surface area contributed by atoms with E-state index in [2.05, 4.69) is 38.1 Å². The molecule has 27 heavy (non-hydrogen) atoms. The summed E-state index contributed by atoms with van der Waals surface area (Å²) < 4.78 is 5.49. The Morgan fingerprint density at radius 3 is 2.26 bits per heavy atom. The maximum absolute atomic E-state index is 10.9. The third-order valence-electron chi connectivity index (χ3n) is 3.98. The van der Waals surface area contributed by atoms with Gasteiger partial charge in [0.05, 0.1) is 16.3 Å². The predicted molar refractivity (Wildman–Crippen MR) is 107 cm³/mol. The van der Waals surface area contributed by atoms with Gasteiger partial charge in [0.15, 0.2) is 6.61 Å². The Balaban J connectivity index is 1.84. The number of hydrogen-bond donors (Lipinski definition) is 1. The molecule has 0 fully saturated rings. The number of carbonyl (C=O) groups is 1. The monoisotopic (exact) mass is 389 g/mol. The quantitative estimate of drug-likeness (QED) is 0.403. The van der Waals surface area contributed by atoms with Crippen LogP contribution in [0.15, 0.2) is 47.6 Å². The molecular formula is C21H24ClNO4. The second-order valence-electron chi connectivity index (χ2n) is 7.14. The third kappa shape index (κ3) is 6.00. The highest BCUT2D eigenvalue weighted by molar-refractivity contribution is 6.32. The molecule has 0 bridgehead atoms. The molecule has 1 N–H and O–H groups in total. The summed E-state index contributed by atoms with van der Waals surface area (Å²) >= 11 is 6.00. The van der Waals surface area contributed by atoms with Crippen LogP contribution in [0, 0.1) is 0 Å². The van der Waals surface area contributed by atoms with Gasteiger partial charge in [-0.3, -0.25) is 0 Å². The molecule has 0 radical (unpaired) electrons. The number of oxime groups is 1. The molecule has 0 atom stereocenters. The number of rotatable bonds is 7. The Morgan fingerprint density at radius 2 is 1.70 bits per heavy atom. The number of halogens is 1. The van der Waals surface area contributed by atoms with Gasteiger partial charge in [-0.1, -0.05) is 61.8 Å². The zero-order valence-electron chi connectivity index (χ0n) is 16.0. The summed E-state index contributed by atoms with van der Waals surface area (Å²) in [5, 5.41) is 13.3. The van der Waals surface area contributed by atoms with E-state index in [1.54, 1.807) is 0 Å². The summed E-state index contributed by atoms with van der Waals surface area (Å²) in [5.74, 6) is -0.629. The second-order valence-corrected chi connectivity index (χ2v) is 7.54. The molecule has 144 valence electrons.